The maximum atomic E-state index is 9.81. The van der Waals surface area contributed by atoms with Gasteiger partial charge in [0.25, 0.3) is 0 Å². The largest absolute Gasteiger partial charge is 0.504 e. The van der Waals surface area contributed by atoms with Crippen LogP contribution in [0.25, 0.3) is 0 Å². The van der Waals surface area contributed by atoms with Crippen LogP contribution in [0, 0.1) is 6.92 Å². The van der Waals surface area contributed by atoms with Crippen LogP contribution in [0.3, 0.4) is 0 Å². The quantitative estimate of drug-likeness (QED) is 0.844. The van der Waals surface area contributed by atoms with Crippen molar-refractivity contribution in [2.24, 2.45) is 0 Å². The van der Waals surface area contributed by atoms with Crippen LogP contribution in [0.2, 0.25) is 0 Å². The van der Waals surface area contributed by atoms with E-state index in [0.29, 0.717) is 18.3 Å². The van der Waals surface area contributed by atoms with Crippen LogP contribution in [-0.2, 0) is 6.54 Å². The van der Waals surface area contributed by atoms with Gasteiger partial charge in [0, 0.05) is 12.6 Å². The molecule has 0 radical (unpaired) electrons. The summed E-state index contributed by atoms with van der Waals surface area (Å²) in [5.74, 6) is 0.685. The van der Waals surface area contributed by atoms with E-state index >= 15 is 0 Å². The van der Waals surface area contributed by atoms with E-state index in [1.54, 1.807) is 19.2 Å². The Morgan fingerprint density at radius 3 is 2.43 bits per heavy atom. The molecule has 0 bridgehead atoms. The minimum absolute atomic E-state index is 0.181. The molecule has 3 nitrogen and oxygen atoms in total. The summed E-state index contributed by atoms with van der Waals surface area (Å²) in [4.78, 5) is 0. The number of hydrogen-bond donors (Lipinski definition) is 2. The average molecular weight is 285 g/mol. The first-order valence-corrected chi connectivity index (χ1v) is 7.30. The van der Waals surface area contributed by atoms with Crippen molar-refractivity contribution in [3.8, 4) is 11.5 Å². The van der Waals surface area contributed by atoms with E-state index in [2.05, 4.69) is 43.4 Å². The molecule has 0 saturated heterocycles. The highest BCUT2D eigenvalue weighted by Gasteiger charge is 2.09. The third kappa shape index (κ3) is 3.99. The summed E-state index contributed by atoms with van der Waals surface area (Å²) >= 11 is 0. The van der Waals surface area contributed by atoms with E-state index < -0.39 is 0 Å². The maximum Gasteiger partial charge on any atom is 0.160 e. The smallest absolute Gasteiger partial charge is 0.160 e. The topological polar surface area (TPSA) is 41.5 Å². The second-order valence-electron chi connectivity index (χ2n) is 5.26. The predicted molar refractivity (Wildman–Crippen MR) is 85.7 cm³/mol. The van der Waals surface area contributed by atoms with Gasteiger partial charge in [0.1, 0.15) is 0 Å². The number of phenolic OH excluding ortho intramolecular Hbond substituents is 1. The zero-order valence-corrected chi connectivity index (χ0v) is 12.9. The molecule has 3 heteroatoms. The lowest BCUT2D eigenvalue weighted by atomic mass is 10.0. The molecule has 0 heterocycles. The number of nitrogens with one attached hydrogen (secondary N) is 1. The predicted octanol–water partition coefficient (Wildman–Crippen LogP) is 3.95. The summed E-state index contributed by atoms with van der Waals surface area (Å²) in [5, 5.41) is 13.3. The summed E-state index contributed by atoms with van der Waals surface area (Å²) in [5.41, 5.74) is 3.60. The molecule has 0 amide bonds. The normalized spacial score (nSPS) is 12.1. The molecule has 0 spiro atoms. The number of hydrogen-bond acceptors (Lipinski definition) is 3. The molecule has 21 heavy (non-hydrogen) atoms. The van der Waals surface area contributed by atoms with Gasteiger partial charge in [-0.25, -0.2) is 0 Å². The average Bonchev–Trinajstić information content (AvgIpc) is 2.49. The van der Waals surface area contributed by atoms with Crippen molar-refractivity contribution < 1.29 is 9.84 Å². The summed E-state index contributed by atoms with van der Waals surface area (Å²) in [6.07, 6.45) is 1.02. The Bertz CT molecular complexity index is 578. The van der Waals surface area contributed by atoms with Crippen LogP contribution in [0.15, 0.2) is 42.5 Å². The maximum absolute atomic E-state index is 9.81. The van der Waals surface area contributed by atoms with E-state index in [4.69, 9.17) is 4.74 Å². The van der Waals surface area contributed by atoms with Crippen LogP contribution < -0.4 is 10.1 Å². The van der Waals surface area contributed by atoms with Crippen molar-refractivity contribution in [2.75, 3.05) is 7.11 Å². The molecule has 2 N–H and O–H groups in total. The van der Waals surface area contributed by atoms with Crippen molar-refractivity contribution >= 4 is 0 Å². The number of aromatic hydroxyl groups is 1. The molecular weight excluding hydrogens is 262 g/mol. The minimum Gasteiger partial charge on any atom is -0.504 e. The van der Waals surface area contributed by atoms with Crippen molar-refractivity contribution in [1.82, 2.24) is 5.32 Å². The molecule has 0 fully saturated rings. The number of phenols is 1. The SMILES string of the molecule is CCC(NCc1ccc(OC)c(O)c1)c1ccc(C)cc1. The van der Waals surface area contributed by atoms with E-state index in [-0.39, 0.29) is 5.75 Å². The summed E-state index contributed by atoms with van der Waals surface area (Å²) in [6, 6.07) is 14.4. The van der Waals surface area contributed by atoms with Gasteiger partial charge in [0.2, 0.25) is 0 Å². The number of methoxy groups -OCH3 is 1. The zero-order valence-electron chi connectivity index (χ0n) is 12.9. The Hall–Kier alpha value is -2.00. The Labute approximate surface area is 126 Å². The summed E-state index contributed by atoms with van der Waals surface area (Å²) < 4.78 is 5.06. The van der Waals surface area contributed by atoms with Crippen molar-refractivity contribution in [2.45, 2.75) is 32.9 Å². The fraction of sp³-hybridized carbons (Fsp3) is 0.333. The number of benzene rings is 2. The van der Waals surface area contributed by atoms with Crippen molar-refractivity contribution in [3.05, 3.63) is 59.2 Å². The minimum atomic E-state index is 0.181. The highest BCUT2D eigenvalue weighted by atomic mass is 16.5. The lowest BCUT2D eigenvalue weighted by Gasteiger charge is -2.18. The summed E-state index contributed by atoms with van der Waals surface area (Å²) in [7, 11) is 1.55. The van der Waals surface area contributed by atoms with Gasteiger partial charge in [-0.05, 0) is 36.6 Å². The second kappa shape index (κ2) is 7.14. The molecule has 112 valence electrons. The standard InChI is InChI=1S/C18H23NO2/c1-4-16(15-8-5-13(2)6-9-15)19-12-14-7-10-18(21-3)17(20)11-14/h5-11,16,19-20H,4,12H2,1-3H3. The van der Waals surface area contributed by atoms with E-state index in [1.807, 2.05) is 6.07 Å². The first-order valence-electron chi connectivity index (χ1n) is 7.30. The molecule has 0 aliphatic heterocycles. The molecule has 1 atom stereocenters. The molecule has 0 aromatic heterocycles. The molecule has 1 unspecified atom stereocenters. The highest BCUT2D eigenvalue weighted by molar-refractivity contribution is 5.41. The van der Waals surface area contributed by atoms with Crippen LogP contribution in [-0.4, -0.2) is 12.2 Å². The fourth-order valence-electron chi connectivity index (χ4n) is 2.38. The van der Waals surface area contributed by atoms with Gasteiger partial charge in [-0.3, -0.25) is 0 Å². The van der Waals surface area contributed by atoms with Gasteiger partial charge in [-0.15, -0.1) is 0 Å². The molecule has 2 aromatic carbocycles. The van der Waals surface area contributed by atoms with Gasteiger partial charge >= 0.3 is 0 Å². The monoisotopic (exact) mass is 285 g/mol. The van der Waals surface area contributed by atoms with Gasteiger partial charge < -0.3 is 15.2 Å². The fourth-order valence-corrected chi connectivity index (χ4v) is 2.38. The Morgan fingerprint density at radius 2 is 1.86 bits per heavy atom. The van der Waals surface area contributed by atoms with Crippen molar-refractivity contribution in [3.63, 3.8) is 0 Å². The Kier molecular flexibility index (Phi) is 5.23. The van der Waals surface area contributed by atoms with Crippen LogP contribution in [0.5, 0.6) is 11.5 Å². The van der Waals surface area contributed by atoms with Gasteiger partial charge in [0.05, 0.1) is 7.11 Å². The molecular formula is C18H23NO2. The van der Waals surface area contributed by atoms with Crippen LogP contribution in [0.1, 0.15) is 36.1 Å². The Balaban J connectivity index is 2.03. The number of rotatable bonds is 6. The molecule has 0 aliphatic rings. The lowest BCUT2D eigenvalue weighted by molar-refractivity contribution is 0.372. The van der Waals surface area contributed by atoms with Crippen molar-refractivity contribution in [1.29, 1.82) is 0 Å². The third-order valence-corrected chi connectivity index (χ3v) is 3.68. The van der Waals surface area contributed by atoms with E-state index in [0.717, 1.165) is 12.0 Å². The zero-order chi connectivity index (χ0) is 15.2. The first-order chi connectivity index (χ1) is 10.1. The second-order valence-corrected chi connectivity index (χ2v) is 5.26. The van der Waals surface area contributed by atoms with E-state index in [1.165, 1.54) is 11.1 Å². The van der Waals surface area contributed by atoms with Gasteiger partial charge in [-0.2, -0.15) is 0 Å². The van der Waals surface area contributed by atoms with Crippen LogP contribution >= 0.6 is 0 Å². The first kappa shape index (κ1) is 15.4. The Morgan fingerprint density at radius 1 is 1.14 bits per heavy atom. The number of ether oxygens (including phenoxy) is 1. The molecule has 2 rings (SSSR count). The highest BCUT2D eigenvalue weighted by Crippen LogP contribution is 2.26. The summed E-state index contributed by atoms with van der Waals surface area (Å²) in [6.45, 7) is 4.98. The lowest BCUT2D eigenvalue weighted by Crippen LogP contribution is -2.20. The van der Waals surface area contributed by atoms with E-state index in [9.17, 15) is 5.11 Å². The van der Waals surface area contributed by atoms with Gasteiger partial charge in [0.15, 0.2) is 11.5 Å². The third-order valence-electron chi connectivity index (χ3n) is 3.68. The molecule has 2 aromatic rings. The molecule has 0 aliphatic carbocycles. The number of aryl methyl sites for hydroxylation is 1. The van der Waals surface area contributed by atoms with Crippen LogP contribution in [0.4, 0.5) is 0 Å². The molecule has 0 saturated carbocycles. The van der Waals surface area contributed by atoms with Gasteiger partial charge in [-0.1, -0.05) is 42.8 Å².